The smallest absolute Gasteiger partial charge is 0.187 e. The van der Waals surface area contributed by atoms with E-state index in [2.05, 4.69) is 34.6 Å². The predicted octanol–water partition coefficient (Wildman–Crippen LogP) is -2.10. The molecule has 22 heteroatoms. The van der Waals surface area contributed by atoms with E-state index in [0.717, 1.165) is 44.9 Å². The third-order valence-corrected chi connectivity index (χ3v) is 22.0. The molecule has 5 saturated heterocycles. The maximum absolute atomic E-state index is 12.4. The number of hydrogen-bond acceptors (Lipinski definition) is 22. The van der Waals surface area contributed by atoms with Gasteiger partial charge in [-0.05, 0) is 98.2 Å². The molecule has 13 N–H and O–H groups in total. The van der Waals surface area contributed by atoms with E-state index in [1.54, 1.807) is 0 Å². The Bertz CT molecular complexity index is 1990. The molecule has 29 atom stereocenters. The third-order valence-electron chi connectivity index (χ3n) is 22.0. The second-order valence-electron chi connectivity index (χ2n) is 26.0. The van der Waals surface area contributed by atoms with Crippen molar-refractivity contribution in [2.75, 3.05) is 39.6 Å². The van der Waals surface area contributed by atoms with E-state index in [0.29, 0.717) is 25.9 Å². The first-order valence-electron chi connectivity index (χ1n) is 27.2. The Morgan fingerprint density at radius 2 is 1.14 bits per heavy atom. The highest BCUT2D eigenvalue weighted by atomic mass is 16.8. The molecule has 22 nitrogen and oxygen atoms in total. The fourth-order valence-electron chi connectivity index (χ4n) is 17.4. The number of ether oxygens (including phenoxy) is 9. The van der Waals surface area contributed by atoms with Gasteiger partial charge in [0.25, 0.3) is 0 Å². The normalized spacial score (nSPS) is 58.2. The molecule has 426 valence electrons. The summed E-state index contributed by atoms with van der Waals surface area (Å²) in [5.74, 6) is 0.413. The van der Waals surface area contributed by atoms with E-state index in [9.17, 15) is 66.4 Å². The standard InChI is InChI=1S/C52H86O22/c1-46(2)13-14-51-22-68-52(29(51)15-46)12-8-28-47(3)10-9-31(48(4,21-55)27(47)7-11-49(28,5)50(52,6)16-30(51)57)72-44-40(74-43-39(65)36(62)33(59)24(17-53)69-43)35(61)26(20-67-44)71-45-41(37(63)34(60)25(18-54)70-45)73-42-38(64)32(58)23(56)19-66-42/h23-45,53-65H,7-22H2,1-6H3/t23-,24-,25+,26+,27?,28?,29?,30-,31+,32+,33-,34+,35+,36+,37-,38-,39-,40-,41+,42+,43+,44+,45-,47+,48+,49-,50+,51-,52+/m1/s1. The molecule has 0 radical (unpaired) electrons. The lowest BCUT2D eigenvalue weighted by Crippen LogP contribution is -2.74. The molecule has 0 aromatic rings. The lowest BCUT2D eigenvalue weighted by molar-refractivity contribution is -0.393. The van der Waals surface area contributed by atoms with Crippen molar-refractivity contribution in [2.24, 2.45) is 50.2 Å². The highest BCUT2D eigenvalue weighted by Crippen LogP contribution is 2.80. The van der Waals surface area contributed by atoms with Gasteiger partial charge in [-0.25, -0.2) is 0 Å². The van der Waals surface area contributed by atoms with Gasteiger partial charge in [0.1, 0.15) is 85.5 Å². The average molecular weight is 1060 g/mol. The number of hydrogen-bond donors (Lipinski definition) is 13. The molecule has 5 heterocycles. The summed E-state index contributed by atoms with van der Waals surface area (Å²) < 4.78 is 55.8. The van der Waals surface area contributed by atoms with E-state index < -0.39 is 155 Å². The van der Waals surface area contributed by atoms with Crippen molar-refractivity contribution in [3.05, 3.63) is 0 Å². The molecule has 5 saturated carbocycles. The Morgan fingerprint density at radius 1 is 0.514 bits per heavy atom. The van der Waals surface area contributed by atoms with E-state index in [1.165, 1.54) is 0 Å². The van der Waals surface area contributed by atoms with Gasteiger partial charge in [0.15, 0.2) is 25.2 Å². The van der Waals surface area contributed by atoms with Crippen molar-refractivity contribution in [1.29, 1.82) is 0 Å². The van der Waals surface area contributed by atoms with Gasteiger partial charge in [-0.3, -0.25) is 0 Å². The van der Waals surface area contributed by atoms with E-state index >= 15 is 0 Å². The first-order valence-corrected chi connectivity index (χ1v) is 27.2. The van der Waals surface area contributed by atoms with Crippen LogP contribution in [0.5, 0.6) is 0 Å². The van der Waals surface area contributed by atoms with E-state index in [-0.39, 0.29) is 57.0 Å². The van der Waals surface area contributed by atoms with Crippen LogP contribution in [-0.2, 0) is 42.6 Å². The zero-order valence-electron chi connectivity index (χ0n) is 43.6. The zero-order valence-corrected chi connectivity index (χ0v) is 43.6. The van der Waals surface area contributed by atoms with Crippen LogP contribution in [0.15, 0.2) is 0 Å². The highest BCUT2D eigenvalue weighted by molar-refractivity contribution is 5.28. The number of fused-ring (bicyclic) bond motifs is 4. The first-order chi connectivity index (χ1) is 34.8. The lowest BCUT2D eigenvalue weighted by Gasteiger charge is -2.75. The van der Waals surface area contributed by atoms with Crippen molar-refractivity contribution >= 4 is 0 Å². The van der Waals surface area contributed by atoms with Gasteiger partial charge in [-0.2, -0.15) is 0 Å². The van der Waals surface area contributed by atoms with Gasteiger partial charge in [-0.15, -0.1) is 0 Å². The topological polar surface area (TPSA) is 346 Å². The summed E-state index contributed by atoms with van der Waals surface area (Å²) in [6.45, 7) is 11.7. The minimum atomic E-state index is -1.91. The minimum absolute atomic E-state index is 0.0627. The molecule has 74 heavy (non-hydrogen) atoms. The van der Waals surface area contributed by atoms with Gasteiger partial charge in [0.05, 0.1) is 57.5 Å². The van der Waals surface area contributed by atoms with Crippen molar-refractivity contribution in [3.63, 3.8) is 0 Å². The predicted molar refractivity (Wildman–Crippen MR) is 252 cm³/mol. The summed E-state index contributed by atoms with van der Waals surface area (Å²) in [6, 6.07) is 0. The molecule has 5 aliphatic heterocycles. The Balaban J connectivity index is 0.912. The van der Waals surface area contributed by atoms with Gasteiger partial charge in [0.2, 0.25) is 0 Å². The van der Waals surface area contributed by atoms with Crippen LogP contribution in [0.4, 0.5) is 0 Å². The van der Waals surface area contributed by atoms with Crippen LogP contribution >= 0.6 is 0 Å². The first kappa shape index (κ1) is 56.4. The molecule has 1 spiro atoms. The zero-order chi connectivity index (χ0) is 53.5. The van der Waals surface area contributed by atoms with Crippen LogP contribution < -0.4 is 0 Å². The second kappa shape index (κ2) is 20.0. The lowest BCUT2D eigenvalue weighted by atomic mass is 9.30. The quantitative estimate of drug-likeness (QED) is 0.0986. The van der Waals surface area contributed by atoms with Crippen molar-refractivity contribution in [1.82, 2.24) is 0 Å². The molecular weight excluding hydrogens is 977 g/mol. The maximum atomic E-state index is 12.4. The number of aliphatic hydroxyl groups is 13. The van der Waals surface area contributed by atoms with Gasteiger partial charge in [0, 0.05) is 16.2 Å². The fraction of sp³-hybridized carbons (Fsp3) is 1.00. The molecule has 2 bridgehead atoms. The Morgan fingerprint density at radius 3 is 1.82 bits per heavy atom. The Hall–Kier alpha value is -0.880. The molecule has 10 rings (SSSR count). The second-order valence-corrected chi connectivity index (χ2v) is 26.0. The van der Waals surface area contributed by atoms with Crippen LogP contribution in [0.3, 0.4) is 0 Å². The molecule has 0 aromatic heterocycles. The van der Waals surface area contributed by atoms with Crippen molar-refractivity contribution in [3.8, 4) is 0 Å². The van der Waals surface area contributed by atoms with E-state index in [1.807, 2.05) is 6.92 Å². The van der Waals surface area contributed by atoms with E-state index in [4.69, 9.17) is 42.6 Å². The summed E-state index contributed by atoms with van der Waals surface area (Å²) in [5.41, 5.74) is -2.12. The summed E-state index contributed by atoms with van der Waals surface area (Å²) in [4.78, 5) is 0. The minimum Gasteiger partial charge on any atom is -0.396 e. The van der Waals surface area contributed by atoms with Gasteiger partial charge >= 0.3 is 0 Å². The summed E-state index contributed by atoms with van der Waals surface area (Å²) >= 11 is 0. The molecule has 5 aliphatic carbocycles. The number of aliphatic hydroxyl groups excluding tert-OH is 13. The summed E-state index contributed by atoms with van der Waals surface area (Å²) in [5, 5.41) is 142. The van der Waals surface area contributed by atoms with Crippen LogP contribution in [0.1, 0.15) is 106 Å². The van der Waals surface area contributed by atoms with Crippen LogP contribution in [0.2, 0.25) is 0 Å². The number of rotatable bonds is 11. The SMILES string of the molecule is CC1(C)CC[C@]23CO[C@@]4(CCC5[C@@]6(C)CC[C@H](O[C@@H]7OC[C@H](O[C@H]8O[C@@H](CO)[C@H](O)[C@@H](O)[C@@H]8O[C@@H]8OC[C@@H](O)[C@H](O)[C@H]8O)[C@H](O)[C@H]7O[C@@H]7O[C@H](CO)[C@@H](O)[C@H](O)[C@H]7O)[C@@](C)(CO)C6CC[C@@]5(C)[C@]4(C)C[C@H]2O)C3C1. The molecule has 0 amide bonds. The molecule has 0 aromatic carbocycles. The highest BCUT2D eigenvalue weighted by Gasteiger charge is 2.80. The summed E-state index contributed by atoms with van der Waals surface area (Å²) in [6.07, 6.45) is -23.2. The van der Waals surface area contributed by atoms with Crippen LogP contribution in [-0.4, -0.2) is 234 Å². The maximum Gasteiger partial charge on any atom is 0.187 e. The molecule has 3 unspecified atom stereocenters. The average Bonchev–Trinajstić information content (AvgIpc) is 3.64. The van der Waals surface area contributed by atoms with Gasteiger partial charge < -0.3 is 109 Å². The molecule has 10 aliphatic rings. The van der Waals surface area contributed by atoms with Crippen molar-refractivity contribution in [2.45, 2.75) is 234 Å². The molecule has 10 fully saturated rings. The fourth-order valence-corrected chi connectivity index (χ4v) is 17.4. The van der Waals surface area contributed by atoms with Crippen LogP contribution in [0, 0.1) is 50.2 Å². The monoisotopic (exact) mass is 1060 g/mol. The summed E-state index contributed by atoms with van der Waals surface area (Å²) in [7, 11) is 0. The Labute approximate surface area is 432 Å². The van der Waals surface area contributed by atoms with Crippen molar-refractivity contribution < 1.29 is 109 Å². The van der Waals surface area contributed by atoms with Crippen LogP contribution in [0.25, 0.3) is 0 Å². The van der Waals surface area contributed by atoms with Gasteiger partial charge in [-0.1, -0.05) is 41.5 Å². The third kappa shape index (κ3) is 8.39. The Kier molecular flexibility index (Phi) is 15.2. The largest absolute Gasteiger partial charge is 0.396 e. The molecular formula is C52H86O22.